The second kappa shape index (κ2) is 13.0. The number of halogens is 2. The summed E-state index contributed by atoms with van der Waals surface area (Å²) in [5.74, 6) is 1.07. The summed E-state index contributed by atoms with van der Waals surface area (Å²) in [6, 6.07) is 13.9. The van der Waals surface area contributed by atoms with Crippen molar-refractivity contribution in [1.29, 1.82) is 0 Å². The van der Waals surface area contributed by atoms with Crippen molar-refractivity contribution in [2.75, 3.05) is 39.8 Å². The van der Waals surface area contributed by atoms with Gasteiger partial charge in [0.05, 0.1) is 12.7 Å². The predicted octanol–water partition coefficient (Wildman–Crippen LogP) is 6.42. The van der Waals surface area contributed by atoms with Gasteiger partial charge in [0.15, 0.2) is 0 Å². The van der Waals surface area contributed by atoms with Crippen molar-refractivity contribution in [1.82, 2.24) is 9.80 Å². The fourth-order valence-corrected chi connectivity index (χ4v) is 6.69. The molecule has 2 aromatic carbocycles. The van der Waals surface area contributed by atoms with Gasteiger partial charge in [0.1, 0.15) is 5.75 Å². The lowest BCUT2D eigenvalue weighted by atomic mass is 9.72. The van der Waals surface area contributed by atoms with E-state index < -0.39 is 5.60 Å². The molecule has 1 saturated carbocycles. The molecule has 0 unspecified atom stereocenters. The third kappa shape index (κ3) is 6.64. The van der Waals surface area contributed by atoms with E-state index in [9.17, 15) is 5.11 Å². The Hall–Kier alpha value is -1.04. The lowest BCUT2D eigenvalue weighted by molar-refractivity contribution is -0.0343. The predicted molar refractivity (Wildman–Crippen MR) is 151 cm³/mol. The van der Waals surface area contributed by atoms with E-state index in [0.717, 1.165) is 44.0 Å². The maximum Gasteiger partial charge on any atom is 0.119 e. The standard InChI is InChI=1S/C29H42N2O2.2ClH/c1-33-27-11-10-23-20-25(9-8-24(23)21-27)28(29(32)14-4-2-5-15-29)22-30-18-12-26(13-19-30)31-16-6-3-7-17-31;;/h8-11,20-21,26,28,32H,2-7,12-19,22H2,1H3;2*1H/t28-;;/m1../s1. The molecule has 1 N–H and O–H groups in total. The van der Waals surface area contributed by atoms with E-state index in [1.54, 1.807) is 7.11 Å². The Morgan fingerprint density at radius 3 is 2.17 bits per heavy atom. The Labute approximate surface area is 224 Å². The molecule has 2 aromatic rings. The topological polar surface area (TPSA) is 35.9 Å². The van der Waals surface area contributed by atoms with Gasteiger partial charge in [-0.3, -0.25) is 0 Å². The maximum absolute atomic E-state index is 11.9. The summed E-state index contributed by atoms with van der Waals surface area (Å²) >= 11 is 0. The van der Waals surface area contributed by atoms with Crippen LogP contribution in [0.2, 0.25) is 0 Å². The Morgan fingerprint density at radius 2 is 1.49 bits per heavy atom. The zero-order chi connectivity index (χ0) is 22.7. The first kappa shape index (κ1) is 28.5. The van der Waals surface area contributed by atoms with Crippen LogP contribution < -0.4 is 4.74 Å². The molecule has 35 heavy (non-hydrogen) atoms. The van der Waals surface area contributed by atoms with E-state index in [1.165, 1.54) is 81.0 Å². The summed E-state index contributed by atoms with van der Waals surface area (Å²) in [7, 11) is 1.72. The van der Waals surface area contributed by atoms with Crippen molar-refractivity contribution in [3.8, 4) is 5.75 Å². The van der Waals surface area contributed by atoms with Gasteiger partial charge in [0, 0.05) is 18.5 Å². The van der Waals surface area contributed by atoms with E-state index in [4.69, 9.17) is 4.74 Å². The Kier molecular flexibility index (Phi) is 10.6. The number of nitrogens with zero attached hydrogens (tertiary/aromatic N) is 2. The molecule has 2 aliphatic heterocycles. The Bertz CT molecular complexity index is 920. The molecule has 0 bridgehead atoms. The Balaban J connectivity index is 0.00000171. The smallest absolute Gasteiger partial charge is 0.119 e. The normalized spacial score (nSPS) is 22.7. The molecule has 0 spiro atoms. The van der Waals surface area contributed by atoms with Crippen molar-refractivity contribution in [3.63, 3.8) is 0 Å². The lowest BCUT2D eigenvalue weighted by Gasteiger charge is -2.45. The van der Waals surface area contributed by atoms with Crippen LogP contribution >= 0.6 is 24.8 Å². The average Bonchev–Trinajstić information content (AvgIpc) is 2.88. The highest BCUT2D eigenvalue weighted by Gasteiger charge is 2.40. The highest BCUT2D eigenvalue weighted by atomic mass is 35.5. The third-order valence-electron chi connectivity index (χ3n) is 8.75. The first-order valence-electron chi connectivity index (χ1n) is 13.4. The zero-order valence-electron chi connectivity index (χ0n) is 21.3. The van der Waals surface area contributed by atoms with Crippen LogP contribution in [0.1, 0.15) is 75.7 Å². The van der Waals surface area contributed by atoms with Gasteiger partial charge in [0.25, 0.3) is 0 Å². The molecule has 0 amide bonds. The molecule has 2 heterocycles. The second-order valence-electron chi connectivity index (χ2n) is 10.8. The second-order valence-corrected chi connectivity index (χ2v) is 10.8. The third-order valence-corrected chi connectivity index (χ3v) is 8.75. The van der Waals surface area contributed by atoms with E-state index >= 15 is 0 Å². The zero-order valence-corrected chi connectivity index (χ0v) is 22.9. The van der Waals surface area contributed by atoms with Crippen LogP contribution in [-0.4, -0.2) is 66.4 Å². The number of aliphatic hydroxyl groups is 1. The number of hydrogen-bond acceptors (Lipinski definition) is 4. The summed E-state index contributed by atoms with van der Waals surface area (Å²) in [6.07, 6.45) is 12.1. The molecule has 3 aliphatic rings. The molecule has 1 atom stereocenters. The number of rotatable bonds is 6. The SMILES string of the molecule is COc1ccc2cc([C@@H](CN3CCC(N4CCCCC4)CC3)C3(O)CCCCC3)ccc2c1.Cl.Cl. The summed E-state index contributed by atoms with van der Waals surface area (Å²) in [5.41, 5.74) is 0.720. The lowest BCUT2D eigenvalue weighted by Crippen LogP contribution is -2.50. The molecule has 4 nitrogen and oxygen atoms in total. The van der Waals surface area contributed by atoms with Crippen molar-refractivity contribution >= 4 is 35.6 Å². The molecule has 5 rings (SSSR count). The van der Waals surface area contributed by atoms with Crippen LogP contribution in [0.4, 0.5) is 0 Å². The number of likely N-dealkylation sites (tertiary alicyclic amines) is 2. The number of piperidine rings is 2. The molecular weight excluding hydrogens is 479 g/mol. The van der Waals surface area contributed by atoms with Gasteiger partial charge >= 0.3 is 0 Å². The molecule has 6 heteroatoms. The minimum Gasteiger partial charge on any atom is -0.497 e. The van der Waals surface area contributed by atoms with E-state index in [1.807, 2.05) is 6.07 Å². The largest absolute Gasteiger partial charge is 0.497 e. The number of benzene rings is 2. The fourth-order valence-electron chi connectivity index (χ4n) is 6.69. The molecule has 0 radical (unpaired) electrons. The van der Waals surface area contributed by atoms with Gasteiger partial charge in [-0.15, -0.1) is 24.8 Å². The molecule has 1 aliphatic carbocycles. The molecule has 2 saturated heterocycles. The van der Waals surface area contributed by atoms with Gasteiger partial charge in [-0.25, -0.2) is 0 Å². The van der Waals surface area contributed by atoms with Crippen LogP contribution in [0.15, 0.2) is 36.4 Å². The quantitative estimate of drug-likeness (QED) is 0.474. The van der Waals surface area contributed by atoms with Crippen LogP contribution in [0.5, 0.6) is 5.75 Å². The van der Waals surface area contributed by atoms with Crippen molar-refractivity contribution in [2.45, 2.75) is 81.8 Å². The molecule has 3 fully saturated rings. The average molecular weight is 524 g/mol. The van der Waals surface area contributed by atoms with Crippen LogP contribution in [-0.2, 0) is 0 Å². The van der Waals surface area contributed by atoms with Crippen molar-refractivity contribution in [2.24, 2.45) is 0 Å². The monoisotopic (exact) mass is 522 g/mol. The molecule has 0 aromatic heterocycles. The number of methoxy groups -OCH3 is 1. The van der Waals surface area contributed by atoms with Gasteiger partial charge in [0.2, 0.25) is 0 Å². The summed E-state index contributed by atoms with van der Waals surface area (Å²) in [5, 5.41) is 14.3. The summed E-state index contributed by atoms with van der Waals surface area (Å²) in [6.45, 7) is 5.91. The number of hydrogen-bond donors (Lipinski definition) is 1. The minimum absolute atomic E-state index is 0. The Morgan fingerprint density at radius 1 is 0.857 bits per heavy atom. The van der Waals surface area contributed by atoms with Crippen LogP contribution in [0, 0.1) is 0 Å². The van der Waals surface area contributed by atoms with E-state index in [0.29, 0.717) is 0 Å². The summed E-state index contributed by atoms with van der Waals surface area (Å²) < 4.78 is 5.41. The molecular formula is C29H44Cl2N2O2. The van der Waals surface area contributed by atoms with Gasteiger partial charge < -0.3 is 19.6 Å². The first-order valence-corrected chi connectivity index (χ1v) is 13.4. The maximum atomic E-state index is 11.9. The fraction of sp³-hybridized carbons (Fsp3) is 0.655. The first-order chi connectivity index (χ1) is 16.1. The highest BCUT2D eigenvalue weighted by Crippen LogP contribution is 2.41. The van der Waals surface area contributed by atoms with E-state index in [-0.39, 0.29) is 30.7 Å². The van der Waals surface area contributed by atoms with Gasteiger partial charge in [-0.1, -0.05) is 49.9 Å². The number of ether oxygens (including phenoxy) is 1. The van der Waals surface area contributed by atoms with Crippen molar-refractivity contribution in [3.05, 3.63) is 42.0 Å². The van der Waals surface area contributed by atoms with Gasteiger partial charge in [-0.05, 0) is 93.2 Å². The van der Waals surface area contributed by atoms with Gasteiger partial charge in [-0.2, -0.15) is 0 Å². The highest BCUT2D eigenvalue weighted by molar-refractivity contribution is 5.86. The van der Waals surface area contributed by atoms with E-state index in [2.05, 4.69) is 40.1 Å². The summed E-state index contributed by atoms with van der Waals surface area (Å²) in [4.78, 5) is 5.40. The van der Waals surface area contributed by atoms with Crippen molar-refractivity contribution < 1.29 is 9.84 Å². The number of fused-ring (bicyclic) bond motifs is 1. The minimum atomic E-state index is -0.581. The molecule has 196 valence electrons. The van der Waals surface area contributed by atoms with Crippen LogP contribution in [0.25, 0.3) is 10.8 Å². The van der Waals surface area contributed by atoms with Crippen LogP contribution in [0.3, 0.4) is 0 Å².